The summed E-state index contributed by atoms with van der Waals surface area (Å²) in [6.45, 7) is 0. The van der Waals surface area contributed by atoms with Crippen LogP contribution in [0.25, 0.3) is 44.5 Å². The monoisotopic (exact) mass is 668 g/mol. The maximum absolute atomic E-state index is 10.7. The smallest absolute Gasteiger partial charge is 0.0901 e. The van der Waals surface area contributed by atoms with Crippen LogP contribution in [0, 0.1) is 0 Å². The van der Waals surface area contributed by atoms with Gasteiger partial charge in [0.2, 0.25) is 0 Å². The fraction of sp³-hybridized carbons (Fsp3) is 0. The van der Waals surface area contributed by atoms with Crippen molar-refractivity contribution in [2.24, 2.45) is 0 Å². The van der Waals surface area contributed by atoms with Crippen LogP contribution in [0.3, 0.4) is 0 Å². The van der Waals surface area contributed by atoms with Crippen molar-refractivity contribution >= 4 is 32.2 Å². The molecule has 0 bridgehead atoms. The van der Waals surface area contributed by atoms with Crippen LogP contribution in [0.5, 0.6) is 0 Å². The van der Waals surface area contributed by atoms with Gasteiger partial charge in [-0.05, 0) is 112 Å². The van der Waals surface area contributed by atoms with E-state index < -0.39 is 7.81 Å². The average Bonchev–Trinajstić information content (AvgIpc) is 3.01. The van der Waals surface area contributed by atoms with E-state index in [1.54, 1.807) is 11.8 Å². The first-order chi connectivity index (χ1) is 21.2. The molecule has 0 nitrogen and oxygen atoms in total. The third-order valence-corrected chi connectivity index (χ3v) is 8.03. The molecule has 0 saturated carbocycles. The molecule has 0 aliphatic rings. The van der Waals surface area contributed by atoms with Gasteiger partial charge in [-0.25, -0.2) is 0 Å². The zero-order valence-corrected chi connectivity index (χ0v) is 26.3. The molecule has 0 aliphatic heterocycles. The Kier molecular flexibility index (Phi) is 8.96. The Bertz CT molecular complexity index is 1870. The molecule has 0 heterocycles. The van der Waals surface area contributed by atoms with Gasteiger partial charge < -0.3 is 0 Å². The molecule has 0 saturated heterocycles. The summed E-state index contributed by atoms with van der Waals surface area (Å²) in [4.78, 5) is 3.54. The van der Waals surface area contributed by atoms with E-state index >= 15 is 0 Å². The topological polar surface area (TPSA) is 0 Å². The van der Waals surface area contributed by atoms with Crippen LogP contribution in [0.1, 0.15) is 0 Å². The second-order valence-electron chi connectivity index (χ2n) is 10.2. The summed E-state index contributed by atoms with van der Waals surface area (Å²) >= 11 is 5.40. The number of halogens is 6. The largest absolute Gasteiger partial charge is 0.150 e. The van der Waals surface area contributed by atoms with Gasteiger partial charge in [0.25, 0.3) is 0 Å². The first-order valence-electron chi connectivity index (χ1n) is 13.7. The third kappa shape index (κ3) is 10.3. The molecule has 6 aromatic rings. The van der Waals surface area contributed by atoms with E-state index in [2.05, 4.69) is 164 Å². The summed E-state index contributed by atoms with van der Waals surface area (Å²) in [6, 6.07) is 54.2. The van der Waals surface area contributed by atoms with Crippen LogP contribution >= 0.6 is 19.6 Å². The summed E-state index contributed by atoms with van der Waals surface area (Å²) in [5, 5.41) is 0. The van der Waals surface area contributed by atoms with Gasteiger partial charge in [-0.1, -0.05) is 109 Å². The molecule has 0 aliphatic carbocycles. The molecule has 6 rings (SSSR count). The molecule has 230 valence electrons. The molecule has 45 heavy (non-hydrogen) atoms. The van der Waals surface area contributed by atoms with Crippen molar-refractivity contribution < 1.29 is 25.2 Å². The van der Waals surface area contributed by atoms with E-state index in [-0.39, 0.29) is 0 Å². The summed E-state index contributed by atoms with van der Waals surface area (Å²) in [5.41, 5.74) is 9.81. The summed E-state index contributed by atoms with van der Waals surface area (Å²) in [7, 11) is -10.7. The van der Waals surface area contributed by atoms with Crippen molar-refractivity contribution in [3.8, 4) is 44.5 Å². The molecule has 0 atom stereocenters. The van der Waals surface area contributed by atoms with Crippen LogP contribution in [0.15, 0.2) is 166 Å². The van der Waals surface area contributed by atoms with E-state index in [1.165, 1.54) is 54.3 Å². The number of rotatable bonds is 6. The molecule has 0 aromatic heterocycles. The Morgan fingerprint density at radius 1 is 0.378 bits per heavy atom. The van der Waals surface area contributed by atoms with Crippen LogP contribution in [0.4, 0.5) is 25.2 Å². The zero-order valence-electron chi connectivity index (χ0n) is 23.6. The normalized spacial score (nSPS) is 12.8. The maximum atomic E-state index is 9.87. The van der Waals surface area contributed by atoms with Gasteiger partial charge in [0.05, 0.1) is 0 Å². The number of hydrogen-bond donors (Lipinski definition) is 0. The van der Waals surface area contributed by atoms with Gasteiger partial charge in [-0.3, -0.25) is 0 Å². The van der Waals surface area contributed by atoms with Gasteiger partial charge in [-0.2, -0.15) is 0 Å². The minimum atomic E-state index is -10.7. The predicted molar refractivity (Wildman–Crippen MR) is 181 cm³/mol. The predicted octanol–water partition coefficient (Wildman–Crippen LogP) is 13.3. The molecule has 0 N–H and O–H groups in total. The Hall–Kier alpha value is -3.97. The van der Waals surface area contributed by atoms with E-state index in [0.29, 0.717) is 0 Å². The molecule has 9 heteroatoms. The van der Waals surface area contributed by atoms with Gasteiger partial charge in [-0.15, -0.1) is 0 Å². The van der Waals surface area contributed by atoms with Gasteiger partial charge in [0.15, 0.2) is 0 Å². The summed E-state index contributed by atoms with van der Waals surface area (Å²) < 4.78 is 59.2. The van der Waals surface area contributed by atoms with Crippen molar-refractivity contribution in [3.05, 3.63) is 152 Å². The average molecular weight is 669 g/mol. The van der Waals surface area contributed by atoms with Crippen molar-refractivity contribution in [3.63, 3.8) is 0 Å². The van der Waals surface area contributed by atoms with Crippen molar-refractivity contribution in [2.75, 3.05) is 0 Å². The fourth-order valence-electron chi connectivity index (χ4n) is 4.68. The minimum Gasteiger partial charge on any atom is -0.0901 e. The van der Waals surface area contributed by atoms with E-state index in [1.807, 2.05) is 0 Å². The number of hydrogen-bond acceptors (Lipinski definition) is 1. The Balaban J connectivity index is 0.000000515. The molecular weight excluding hydrogens is 641 g/mol. The number of benzene rings is 6. The molecular formula is C36H27F6PS2. The standard InChI is InChI=1S/C36H26S2.F6P/c37-32-18-11-28(12-19-32)31-17-24-35(29-9-5-2-6-10-29)36(25-31)30-15-22-34(23-16-30)38-33-20-13-27(14-21-33)26-7-3-1-4-8-26;1-7(2,3,4,5)6/h1-25,37H;/q;-1/p+1. The van der Waals surface area contributed by atoms with Gasteiger partial charge >= 0.3 is 33.0 Å². The van der Waals surface area contributed by atoms with Crippen molar-refractivity contribution in [2.45, 2.75) is 14.7 Å². The summed E-state index contributed by atoms with van der Waals surface area (Å²) in [6.07, 6.45) is 0. The minimum absolute atomic E-state index is 1.08. The fourth-order valence-corrected chi connectivity index (χ4v) is 5.66. The van der Waals surface area contributed by atoms with Crippen LogP contribution < -0.4 is 0 Å². The van der Waals surface area contributed by atoms with E-state index in [0.717, 1.165) is 4.90 Å². The second kappa shape index (κ2) is 12.4. The van der Waals surface area contributed by atoms with E-state index in [9.17, 15) is 25.2 Å². The third-order valence-electron chi connectivity index (χ3n) is 6.69. The molecule has 0 unspecified atom stereocenters. The SMILES string of the molecule is F[P-](F)(F)(F)(F)F.[SH2+]c1ccc(-c2ccc(-c3ccccc3)c(-c3ccc(Sc4ccc(-c5ccccc5)cc4)cc3)c2)cc1. The second-order valence-corrected chi connectivity index (χ2v) is 13.8. The Morgan fingerprint density at radius 2 is 0.733 bits per heavy atom. The molecule has 0 radical (unpaired) electrons. The van der Waals surface area contributed by atoms with E-state index in [4.69, 9.17) is 0 Å². The van der Waals surface area contributed by atoms with Gasteiger partial charge in [0, 0.05) is 9.79 Å². The maximum Gasteiger partial charge on any atom is 0.150 e. The van der Waals surface area contributed by atoms with Crippen molar-refractivity contribution in [1.29, 1.82) is 0 Å². The van der Waals surface area contributed by atoms with Crippen LogP contribution in [0.2, 0.25) is 0 Å². The van der Waals surface area contributed by atoms with Crippen molar-refractivity contribution in [1.82, 2.24) is 0 Å². The summed E-state index contributed by atoms with van der Waals surface area (Å²) in [5.74, 6) is 0. The zero-order chi connectivity index (χ0) is 32.1. The molecule has 6 aromatic carbocycles. The Morgan fingerprint density at radius 3 is 1.24 bits per heavy atom. The quantitative estimate of drug-likeness (QED) is 0.0967. The first kappa shape index (κ1) is 32.4. The molecule has 0 amide bonds. The van der Waals surface area contributed by atoms with Gasteiger partial charge in [0.1, 0.15) is 4.90 Å². The van der Waals surface area contributed by atoms with Crippen LogP contribution in [-0.2, 0) is 12.6 Å². The molecule has 0 spiro atoms. The first-order valence-corrected chi connectivity index (χ1v) is 17.0. The molecule has 0 fully saturated rings. The van der Waals surface area contributed by atoms with Crippen LogP contribution in [-0.4, -0.2) is 0 Å². The Labute approximate surface area is 267 Å².